The van der Waals surface area contributed by atoms with Crippen LogP contribution in [0.5, 0.6) is 0 Å². The smallest absolute Gasteiger partial charge is 0.399 e. The molecule has 1 aliphatic carbocycles. The number of aryl methyl sites for hydroxylation is 2. The van der Waals surface area contributed by atoms with Crippen molar-refractivity contribution in [2.45, 2.75) is 110 Å². The molecule has 2 aromatic heterocycles. The largest absolute Gasteiger partial charge is 0.495 e. The maximum absolute atomic E-state index is 12.5. The Balaban J connectivity index is 1.36. The number of nitrogens with zero attached hydrogens (tertiary/aromatic N) is 6. The molecule has 5 heterocycles. The number of rotatable bonds is 4. The summed E-state index contributed by atoms with van der Waals surface area (Å²) in [5, 5.41) is 9.91. The summed E-state index contributed by atoms with van der Waals surface area (Å²) in [5.41, 5.74) is 7.28. The van der Waals surface area contributed by atoms with Crippen LogP contribution in [0.1, 0.15) is 96.0 Å². The van der Waals surface area contributed by atoms with Crippen LogP contribution in [0.25, 0.3) is 11.1 Å². The van der Waals surface area contributed by atoms with E-state index in [0.717, 1.165) is 54.8 Å². The Hall–Kier alpha value is -3.11. The molecule has 7 rings (SSSR count). The van der Waals surface area contributed by atoms with E-state index in [-0.39, 0.29) is 5.91 Å². The molecule has 3 aromatic rings. The van der Waals surface area contributed by atoms with Gasteiger partial charge < -0.3 is 19.1 Å². The van der Waals surface area contributed by atoms with E-state index in [9.17, 15) is 4.79 Å². The fourth-order valence-electron chi connectivity index (χ4n) is 7.39. The summed E-state index contributed by atoms with van der Waals surface area (Å²) in [6.07, 6.45) is 13.1. The minimum absolute atomic E-state index is 0.130. The van der Waals surface area contributed by atoms with Crippen molar-refractivity contribution in [2.24, 2.45) is 7.05 Å². The lowest BCUT2D eigenvalue weighted by atomic mass is 9.73. The second-order valence-corrected chi connectivity index (χ2v) is 14.0. The van der Waals surface area contributed by atoms with Gasteiger partial charge in [0.1, 0.15) is 0 Å². The average Bonchev–Trinajstić information content (AvgIpc) is 3.65. The van der Waals surface area contributed by atoms with Crippen LogP contribution in [0.15, 0.2) is 24.5 Å². The summed E-state index contributed by atoms with van der Waals surface area (Å²) in [5.74, 6) is 1.15. The minimum Gasteiger partial charge on any atom is -0.399 e. The number of fused-ring (bicyclic) bond motifs is 2. The molecule has 0 N–H and O–H groups in total. The minimum atomic E-state index is -0.504. The molecule has 0 unspecified atom stereocenters. The van der Waals surface area contributed by atoms with Crippen LogP contribution in [0.2, 0.25) is 0 Å². The van der Waals surface area contributed by atoms with E-state index in [4.69, 9.17) is 14.4 Å². The lowest BCUT2D eigenvalue weighted by Gasteiger charge is -2.33. The highest BCUT2D eigenvalue weighted by atomic mass is 16.7. The second-order valence-electron chi connectivity index (χ2n) is 14.0. The highest BCUT2D eigenvalue weighted by Gasteiger charge is 2.52. The molecule has 1 saturated carbocycles. The zero-order valence-corrected chi connectivity index (χ0v) is 26.7. The molecule has 1 aromatic carbocycles. The highest BCUT2D eigenvalue weighted by Crippen LogP contribution is 2.43. The molecule has 0 bridgehead atoms. The van der Waals surface area contributed by atoms with Crippen molar-refractivity contribution < 1.29 is 14.1 Å². The van der Waals surface area contributed by atoms with Gasteiger partial charge in [0.2, 0.25) is 5.91 Å². The van der Waals surface area contributed by atoms with Gasteiger partial charge in [-0.3, -0.25) is 14.2 Å². The van der Waals surface area contributed by atoms with E-state index < -0.39 is 18.3 Å². The number of hydrogen-bond donors (Lipinski definition) is 0. The van der Waals surface area contributed by atoms with Crippen LogP contribution in [0.3, 0.4) is 0 Å². The molecule has 0 radical (unpaired) electrons. The predicted molar refractivity (Wildman–Crippen MR) is 169 cm³/mol. The third kappa shape index (κ3) is 4.90. The first-order valence-electron chi connectivity index (χ1n) is 16.2. The summed E-state index contributed by atoms with van der Waals surface area (Å²) in [7, 11) is 1.45. The van der Waals surface area contributed by atoms with Gasteiger partial charge in [-0.25, -0.2) is 0 Å². The van der Waals surface area contributed by atoms with E-state index in [2.05, 4.69) is 60.7 Å². The van der Waals surface area contributed by atoms with E-state index in [1.165, 1.54) is 54.6 Å². The zero-order chi connectivity index (χ0) is 30.1. The van der Waals surface area contributed by atoms with Crippen molar-refractivity contribution in [2.75, 3.05) is 18.0 Å². The van der Waals surface area contributed by atoms with Crippen molar-refractivity contribution in [3.05, 3.63) is 41.3 Å². The maximum atomic E-state index is 12.5. The standard InChI is InChI=1S/C33H45BN6O3/c1-22(41)38-16-14-29-27(21-38)31(36-40(29)25-12-8-7-9-13-25)39-15-10-11-23-17-26(24-19-35-37(6)20-24)28(18-30(23)39)34-42-32(2,3)33(4,5)43-34/h17-20,25H,7-16,21H2,1-6H3. The molecule has 10 heteroatoms. The summed E-state index contributed by atoms with van der Waals surface area (Å²) in [6.45, 7) is 12.4. The number of hydrogen-bond acceptors (Lipinski definition) is 6. The van der Waals surface area contributed by atoms with Gasteiger partial charge in [0.05, 0.1) is 30.0 Å². The highest BCUT2D eigenvalue weighted by molar-refractivity contribution is 6.64. The average molecular weight is 585 g/mol. The number of benzene rings is 1. The van der Waals surface area contributed by atoms with E-state index >= 15 is 0 Å². The Morgan fingerprint density at radius 2 is 1.74 bits per heavy atom. The number of aromatic nitrogens is 4. The molecule has 0 spiro atoms. The molecule has 0 atom stereocenters. The SMILES string of the molecule is CC(=O)N1CCc2c(c(N3CCCc4cc(-c5cnn(C)c5)c(B5OC(C)(C)C(C)(C)O5)cc43)nn2C2CCCCC2)C1. The van der Waals surface area contributed by atoms with Gasteiger partial charge in [0.15, 0.2) is 5.82 Å². The molecule has 4 aliphatic rings. The molecule has 2 fully saturated rings. The van der Waals surface area contributed by atoms with E-state index in [1.807, 2.05) is 22.8 Å². The second kappa shape index (κ2) is 10.5. The molecule has 1 amide bonds. The molecule has 1 saturated heterocycles. The lowest BCUT2D eigenvalue weighted by molar-refractivity contribution is -0.129. The summed E-state index contributed by atoms with van der Waals surface area (Å²) < 4.78 is 17.5. The summed E-state index contributed by atoms with van der Waals surface area (Å²) >= 11 is 0. The fourth-order valence-corrected chi connectivity index (χ4v) is 7.39. The van der Waals surface area contributed by atoms with Gasteiger partial charge in [-0.2, -0.15) is 10.2 Å². The maximum Gasteiger partial charge on any atom is 0.495 e. The summed E-state index contributed by atoms with van der Waals surface area (Å²) in [6, 6.07) is 5.06. The first-order chi connectivity index (χ1) is 20.5. The Bertz CT molecular complexity index is 1540. The van der Waals surface area contributed by atoms with Gasteiger partial charge in [0.25, 0.3) is 0 Å². The van der Waals surface area contributed by atoms with Crippen LogP contribution >= 0.6 is 0 Å². The monoisotopic (exact) mass is 584 g/mol. The number of carbonyl (C=O) groups excluding carboxylic acids is 1. The van der Waals surface area contributed by atoms with Crippen molar-refractivity contribution in [3.8, 4) is 11.1 Å². The molecule has 228 valence electrons. The molecule has 3 aliphatic heterocycles. The molecule has 43 heavy (non-hydrogen) atoms. The third-order valence-corrected chi connectivity index (χ3v) is 10.6. The Labute approximate surface area is 255 Å². The molecular formula is C33H45BN6O3. The van der Waals surface area contributed by atoms with Gasteiger partial charge in [-0.15, -0.1) is 0 Å². The van der Waals surface area contributed by atoms with Crippen LogP contribution < -0.4 is 10.4 Å². The lowest BCUT2D eigenvalue weighted by Crippen LogP contribution is -2.41. The number of carbonyl (C=O) groups is 1. The van der Waals surface area contributed by atoms with Crippen molar-refractivity contribution in [3.63, 3.8) is 0 Å². The van der Waals surface area contributed by atoms with Crippen LogP contribution in [0, 0.1) is 0 Å². The first kappa shape index (κ1) is 28.7. The van der Waals surface area contributed by atoms with E-state index in [0.29, 0.717) is 12.6 Å². The summed E-state index contributed by atoms with van der Waals surface area (Å²) in [4.78, 5) is 16.9. The topological polar surface area (TPSA) is 77.7 Å². The van der Waals surface area contributed by atoms with Gasteiger partial charge in [0, 0.05) is 62.2 Å². The van der Waals surface area contributed by atoms with E-state index in [1.54, 1.807) is 6.92 Å². The van der Waals surface area contributed by atoms with Gasteiger partial charge in [-0.1, -0.05) is 19.3 Å². The number of anilines is 2. The fraction of sp³-hybridized carbons (Fsp3) is 0.606. The predicted octanol–water partition coefficient (Wildman–Crippen LogP) is 5.08. The zero-order valence-electron chi connectivity index (χ0n) is 26.7. The van der Waals surface area contributed by atoms with Crippen molar-refractivity contribution in [1.29, 1.82) is 0 Å². The van der Waals surface area contributed by atoms with Crippen LogP contribution in [0.4, 0.5) is 11.5 Å². The molecule has 9 nitrogen and oxygen atoms in total. The van der Waals surface area contributed by atoms with Crippen molar-refractivity contribution >= 4 is 30.0 Å². The van der Waals surface area contributed by atoms with Crippen molar-refractivity contribution in [1.82, 2.24) is 24.5 Å². The molecular weight excluding hydrogens is 539 g/mol. The number of amides is 1. The van der Waals surface area contributed by atoms with Crippen LogP contribution in [-0.2, 0) is 40.5 Å². The normalized spacial score (nSPS) is 21.7. The first-order valence-corrected chi connectivity index (χ1v) is 16.2. The Morgan fingerprint density at radius 3 is 2.42 bits per heavy atom. The quantitative estimate of drug-likeness (QED) is 0.399. The Kier molecular flexibility index (Phi) is 7.00. The van der Waals surface area contributed by atoms with Crippen LogP contribution in [-0.4, -0.2) is 61.8 Å². The van der Waals surface area contributed by atoms with Gasteiger partial charge in [-0.05, 0) is 82.1 Å². The van der Waals surface area contributed by atoms with Gasteiger partial charge >= 0.3 is 7.12 Å². The Morgan fingerprint density at radius 1 is 1.00 bits per heavy atom. The third-order valence-electron chi connectivity index (χ3n) is 10.6.